The molecule has 0 aliphatic carbocycles. The van der Waals surface area contributed by atoms with Gasteiger partial charge in [0.15, 0.2) is 0 Å². The van der Waals surface area contributed by atoms with Crippen molar-refractivity contribution in [2.75, 3.05) is 13.7 Å². The summed E-state index contributed by atoms with van der Waals surface area (Å²) < 4.78 is 45.0. The van der Waals surface area contributed by atoms with Crippen LogP contribution in [0.25, 0.3) is 5.69 Å². The quantitative estimate of drug-likeness (QED) is 0.320. The molecule has 0 saturated carbocycles. The van der Waals surface area contributed by atoms with E-state index in [1.54, 1.807) is 24.3 Å². The van der Waals surface area contributed by atoms with E-state index in [1.165, 1.54) is 37.8 Å². The Balaban J connectivity index is 1.70. The fourth-order valence-corrected chi connectivity index (χ4v) is 3.48. The maximum absolute atomic E-state index is 13.1. The zero-order chi connectivity index (χ0) is 25.0. The van der Waals surface area contributed by atoms with E-state index in [0.717, 1.165) is 17.7 Å². The fraction of sp³-hybridized carbons (Fsp3) is 0.250. The number of Topliss-reactive ketones (excluding diaryl/α,β-unsaturated/α-hetero) is 1. The molecule has 0 radical (unpaired) electrons. The summed E-state index contributed by atoms with van der Waals surface area (Å²) in [5.74, 6) is -2.13. The number of aryl methyl sites for hydroxylation is 1. The minimum atomic E-state index is -4.52. The lowest BCUT2D eigenvalue weighted by Gasteiger charge is -2.10. The van der Waals surface area contributed by atoms with Gasteiger partial charge in [-0.25, -0.2) is 9.48 Å². The molecule has 178 valence electrons. The molecule has 3 aromatic rings. The van der Waals surface area contributed by atoms with Gasteiger partial charge in [0.2, 0.25) is 0 Å². The molecule has 1 aromatic heterocycles. The molecule has 7 nitrogen and oxygen atoms in total. The normalized spacial score (nSPS) is 11.2. The van der Waals surface area contributed by atoms with Crippen molar-refractivity contribution in [2.45, 2.75) is 26.4 Å². The van der Waals surface area contributed by atoms with Gasteiger partial charge in [0.05, 0.1) is 40.9 Å². The number of methoxy groups -OCH3 is 1. The van der Waals surface area contributed by atoms with Crippen LogP contribution in [-0.2, 0) is 22.1 Å². The molecule has 10 heteroatoms. The maximum atomic E-state index is 13.1. The van der Waals surface area contributed by atoms with Gasteiger partial charge < -0.3 is 10.1 Å². The smallest absolute Gasteiger partial charge is 0.416 e. The maximum Gasteiger partial charge on any atom is 0.416 e. The molecule has 0 atom stereocenters. The lowest BCUT2D eigenvalue weighted by molar-refractivity contribution is -0.137. The van der Waals surface area contributed by atoms with Gasteiger partial charge in [-0.15, -0.1) is 0 Å². The van der Waals surface area contributed by atoms with E-state index in [1.807, 2.05) is 0 Å². The minimum absolute atomic E-state index is 0.0392. The SMILES string of the molecule is COC(=O)c1ccc(CCNC(=O)C(=O)c2c(C)nn(-c3cccc(C(F)(F)F)c3)c2C)cc1. The Morgan fingerprint density at radius 1 is 1.06 bits per heavy atom. The zero-order valence-electron chi connectivity index (χ0n) is 18.7. The van der Waals surface area contributed by atoms with Crippen molar-refractivity contribution in [3.63, 3.8) is 0 Å². The van der Waals surface area contributed by atoms with Crippen molar-refractivity contribution in [1.82, 2.24) is 15.1 Å². The zero-order valence-corrected chi connectivity index (χ0v) is 18.7. The predicted octanol–water partition coefficient (Wildman–Crippen LogP) is 3.84. The molecular formula is C24H22F3N3O4. The average Bonchev–Trinajstić information content (AvgIpc) is 3.11. The molecule has 2 aromatic carbocycles. The second-order valence-electron chi connectivity index (χ2n) is 7.53. The van der Waals surface area contributed by atoms with Gasteiger partial charge in [-0.1, -0.05) is 18.2 Å². The highest BCUT2D eigenvalue weighted by atomic mass is 19.4. The Labute approximate surface area is 193 Å². The van der Waals surface area contributed by atoms with Crippen LogP contribution in [0, 0.1) is 13.8 Å². The summed E-state index contributed by atoms with van der Waals surface area (Å²) in [6.45, 7) is 3.20. The number of nitrogens with one attached hydrogen (secondary N) is 1. The fourth-order valence-electron chi connectivity index (χ4n) is 3.48. The number of ketones is 1. The standard InChI is InChI=1S/C24H22F3N3O4/c1-14-20(15(2)30(29-14)19-6-4-5-18(13-19)24(25,26)27)21(31)22(32)28-12-11-16-7-9-17(10-8-16)23(33)34-3/h4-10,13H,11-12H2,1-3H3,(H,28,32). The summed E-state index contributed by atoms with van der Waals surface area (Å²) in [5, 5.41) is 6.72. The van der Waals surface area contributed by atoms with E-state index in [4.69, 9.17) is 0 Å². The van der Waals surface area contributed by atoms with Crippen LogP contribution in [0.1, 0.15) is 43.2 Å². The van der Waals surface area contributed by atoms with Crippen molar-refractivity contribution < 1.29 is 32.3 Å². The third-order valence-electron chi connectivity index (χ3n) is 5.22. The molecule has 0 aliphatic heterocycles. The van der Waals surface area contributed by atoms with Crippen molar-refractivity contribution >= 4 is 17.7 Å². The lowest BCUT2D eigenvalue weighted by atomic mass is 10.1. The lowest BCUT2D eigenvalue weighted by Crippen LogP contribution is -2.33. The van der Waals surface area contributed by atoms with E-state index >= 15 is 0 Å². The average molecular weight is 473 g/mol. The van der Waals surface area contributed by atoms with E-state index in [-0.39, 0.29) is 29.2 Å². The molecule has 0 fully saturated rings. The summed E-state index contributed by atoms with van der Waals surface area (Å²) >= 11 is 0. The number of nitrogens with zero attached hydrogens (tertiary/aromatic N) is 2. The largest absolute Gasteiger partial charge is 0.465 e. The Kier molecular flexibility index (Phi) is 7.19. The number of alkyl halides is 3. The van der Waals surface area contributed by atoms with E-state index < -0.39 is 29.4 Å². The van der Waals surface area contributed by atoms with E-state index in [9.17, 15) is 27.6 Å². The number of rotatable bonds is 7. The van der Waals surface area contributed by atoms with Crippen LogP contribution in [0.15, 0.2) is 48.5 Å². The number of ether oxygens (including phenoxy) is 1. The summed E-state index contributed by atoms with van der Waals surface area (Å²) in [7, 11) is 1.29. The molecule has 0 aliphatic rings. The highest BCUT2D eigenvalue weighted by Crippen LogP contribution is 2.31. The molecule has 1 amide bonds. The summed E-state index contributed by atoms with van der Waals surface area (Å²) in [6.07, 6.45) is -4.10. The van der Waals surface area contributed by atoms with Gasteiger partial charge in [0.25, 0.3) is 11.7 Å². The molecule has 0 saturated heterocycles. The van der Waals surface area contributed by atoms with Crippen molar-refractivity contribution in [2.24, 2.45) is 0 Å². The van der Waals surface area contributed by atoms with Gasteiger partial charge in [-0.2, -0.15) is 18.3 Å². The minimum Gasteiger partial charge on any atom is -0.465 e. The number of esters is 1. The first-order chi connectivity index (χ1) is 16.0. The number of benzene rings is 2. The van der Waals surface area contributed by atoms with E-state index in [0.29, 0.717) is 12.0 Å². The van der Waals surface area contributed by atoms with Crippen LogP contribution in [0.3, 0.4) is 0 Å². The number of aromatic nitrogens is 2. The number of hydrogen-bond donors (Lipinski definition) is 1. The van der Waals surface area contributed by atoms with Gasteiger partial charge >= 0.3 is 12.1 Å². The van der Waals surface area contributed by atoms with Crippen LogP contribution < -0.4 is 5.32 Å². The third kappa shape index (κ3) is 5.33. The molecule has 0 spiro atoms. The Morgan fingerprint density at radius 3 is 2.35 bits per heavy atom. The molecule has 0 unspecified atom stereocenters. The van der Waals surface area contributed by atoms with Crippen LogP contribution in [0.5, 0.6) is 0 Å². The summed E-state index contributed by atoms with van der Waals surface area (Å²) in [4.78, 5) is 36.7. The van der Waals surface area contributed by atoms with Gasteiger partial charge in [0.1, 0.15) is 0 Å². The van der Waals surface area contributed by atoms with Gasteiger partial charge in [0, 0.05) is 6.54 Å². The van der Waals surface area contributed by atoms with Gasteiger partial charge in [-0.05, 0) is 56.2 Å². The number of carbonyl (C=O) groups excluding carboxylic acids is 3. The third-order valence-corrected chi connectivity index (χ3v) is 5.22. The Bertz CT molecular complexity index is 1230. The molecule has 0 bridgehead atoms. The molecule has 1 N–H and O–H groups in total. The number of amides is 1. The number of carbonyl (C=O) groups is 3. The highest BCUT2D eigenvalue weighted by molar-refractivity contribution is 6.43. The first-order valence-electron chi connectivity index (χ1n) is 10.3. The second kappa shape index (κ2) is 9.90. The number of hydrogen-bond acceptors (Lipinski definition) is 5. The van der Waals surface area contributed by atoms with Crippen LogP contribution in [-0.4, -0.2) is 41.1 Å². The number of halogens is 3. The van der Waals surface area contributed by atoms with Gasteiger partial charge in [-0.3, -0.25) is 9.59 Å². The first kappa shape index (κ1) is 24.7. The predicted molar refractivity (Wildman–Crippen MR) is 117 cm³/mol. The molecular weight excluding hydrogens is 451 g/mol. The second-order valence-corrected chi connectivity index (χ2v) is 7.53. The van der Waals surface area contributed by atoms with Crippen LogP contribution in [0.2, 0.25) is 0 Å². The highest BCUT2D eigenvalue weighted by Gasteiger charge is 2.31. The van der Waals surface area contributed by atoms with Crippen molar-refractivity contribution in [1.29, 1.82) is 0 Å². The molecule has 3 rings (SSSR count). The Morgan fingerprint density at radius 2 is 1.74 bits per heavy atom. The van der Waals surface area contributed by atoms with Crippen LogP contribution >= 0.6 is 0 Å². The van der Waals surface area contributed by atoms with Crippen molar-refractivity contribution in [3.8, 4) is 5.69 Å². The Hall–Kier alpha value is -3.95. The molecule has 1 heterocycles. The summed E-state index contributed by atoms with van der Waals surface area (Å²) in [5.41, 5.74) is 1.05. The monoisotopic (exact) mass is 473 g/mol. The topological polar surface area (TPSA) is 90.3 Å². The summed E-state index contributed by atoms with van der Waals surface area (Å²) in [6, 6.07) is 11.2. The first-order valence-corrected chi connectivity index (χ1v) is 10.3. The van der Waals surface area contributed by atoms with Crippen LogP contribution in [0.4, 0.5) is 13.2 Å². The van der Waals surface area contributed by atoms with Crippen molar-refractivity contribution in [3.05, 3.63) is 82.2 Å². The molecule has 34 heavy (non-hydrogen) atoms. The van der Waals surface area contributed by atoms with E-state index in [2.05, 4.69) is 15.2 Å².